The number of furan rings is 1. The Labute approximate surface area is 162 Å². The molecule has 2 heterocycles. The van der Waals surface area contributed by atoms with Crippen molar-refractivity contribution >= 4 is 27.3 Å². The number of hydrogen-bond donors (Lipinski definition) is 0. The average molecular weight is 409 g/mol. The van der Waals surface area contributed by atoms with Crippen molar-refractivity contribution in [1.29, 1.82) is 5.26 Å². The van der Waals surface area contributed by atoms with Crippen LogP contribution in [0.5, 0.6) is 5.75 Å². The van der Waals surface area contributed by atoms with Crippen molar-refractivity contribution in [2.45, 2.75) is 19.0 Å². The van der Waals surface area contributed by atoms with Gasteiger partial charge in [-0.2, -0.15) is 5.26 Å². The zero-order valence-electron chi connectivity index (χ0n) is 14.3. The zero-order valence-corrected chi connectivity index (χ0v) is 15.9. The number of ether oxygens (including phenoxy) is 1. The predicted octanol–water partition coefficient (Wildman–Crippen LogP) is 2.40. The van der Waals surface area contributed by atoms with Gasteiger partial charge in [0, 0.05) is 6.04 Å². The van der Waals surface area contributed by atoms with E-state index in [1.165, 1.54) is 29.4 Å². The summed E-state index contributed by atoms with van der Waals surface area (Å²) in [6.07, 6.45) is 1.88. The van der Waals surface area contributed by atoms with Crippen molar-refractivity contribution in [2.75, 3.05) is 18.1 Å². The second-order valence-electron chi connectivity index (χ2n) is 6.20. The summed E-state index contributed by atoms with van der Waals surface area (Å²) in [5.41, 5.74) is 0.384. The minimum atomic E-state index is -3.15. The molecular formula is C18H17ClN2O5S. The van der Waals surface area contributed by atoms with E-state index in [0.29, 0.717) is 17.7 Å². The number of halogens is 1. The van der Waals surface area contributed by atoms with Crippen molar-refractivity contribution in [1.82, 2.24) is 4.90 Å². The van der Waals surface area contributed by atoms with Crippen molar-refractivity contribution in [3.05, 3.63) is 52.9 Å². The fourth-order valence-corrected chi connectivity index (χ4v) is 4.89. The Hall–Kier alpha value is -2.50. The molecule has 1 aliphatic rings. The lowest BCUT2D eigenvalue weighted by molar-refractivity contribution is -0.136. The van der Waals surface area contributed by atoms with Gasteiger partial charge in [-0.25, -0.2) is 8.42 Å². The van der Waals surface area contributed by atoms with E-state index in [2.05, 4.69) is 0 Å². The van der Waals surface area contributed by atoms with E-state index < -0.39 is 15.9 Å². The van der Waals surface area contributed by atoms with E-state index in [1.54, 1.807) is 12.1 Å². The van der Waals surface area contributed by atoms with Crippen LogP contribution in [0.25, 0.3) is 0 Å². The maximum Gasteiger partial charge on any atom is 0.261 e. The lowest BCUT2D eigenvalue weighted by Crippen LogP contribution is -2.43. The Bertz CT molecular complexity index is 966. The van der Waals surface area contributed by atoms with Gasteiger partial charge in [0.25, 0.3) is 5.91 Å². The third-order valence-electron chi connectivity index (χ3n) is 4.29. The van der Waals surface area contributed by atoms with Crippen LogP contribution in [-0.4, -0.2) is 43.4 Å². The summed E-state index contributed by atoms with van der Waals surface area (Å²) in [7, 11) is -3.15. The van der Waals surface area contributed by atoms with Gasteiger partial charge in [0.2, 0.25) is 0 Å². The number of amides is 1. The normalized spacial score (nSPS) is 18.0. The quantitative estimate of drug-likeness (QED) is 0.727. The third-order valence-corrected chi connectivity index (χ3v) is 6.33. The highest BCUT2D eigenvalue weighted by Gasteiger charge is 2.35. The number of sulfone groups is 1. The molecule has 3 rings (SSSR count). The minimum Gasteiger partial charge on any atom is -0.482 e. The molecule has 1 aliphatic heterocycles. The standard InChI is InChI=1S/C18H17ClN2O5S/c19-16-8-13(9-20)3-4-17(16)26-11-18(22)21(10-15-2-1-6-25-15)14-5-7-27(23,24)12-14/h1-4,6,8,14H,5,7,10-12H2/t14-/m1/s1. The van der Waals surface area contributed by atoms with Crippen LogP contribution in [0.1, 0.15) is 17.7 Å². The van der Waals surface area contributed by atoms with Crippen LogP contribution in [0.3, 0.4) is 0 Å². The molecule has 0 aliphatic carbocycles. The highest BCUT2D eigenvalue weighted by molar-refractivity contribution is 7.91. The first-order valence-corrected chi connectivity index (χ1v) is 10.4. The van der Waals surface area contributed by atoms with Gasteiger partial charge in [-0.1, -0.05) is 11.6 Å². The fraction of sp³-hybridized carbons (Fsp3) is 0.333. The van der Waals surface area contributed by atoms with E-state index in [9.17, 15) is 13.2 Å². The van der Waals surface area contributed by atoms with Crippen molar-refractivity contribution in [3.8, 4) is 11.8 Å². The van der Waals surface area contributed by atoms with Gasteiger partial charge in [-0.15, -0.1) is 0 Å². The number of carbonyl (C=O) groups excluding carboxylic acids is 1. The van der Waals surface area contributed by atoms with Gasteiger partial charge in [0.05, 0.1) is 41.0 Å². The second-order valence-corrected chi connectivity index (χ2v) is 8.84. The van der Waals surface area contributed by atoms with E-state index in [-0.39, 0.29) is 41.3 Å². The van der Waals surface area contributed by atoms with Crippen molar-refractivity contribution in [2.24, 2.45) is 0 Å². The van der Waals surface area contributed by atoms with Crippen molar-refractivity contribution < 1.29 is 22.4 Å². The molecule has 0 spiro atoms. The van der Waals surface area contributed by atoms with Crippen LogP contribution in [0, 0.1) is 11.3 Å². The van der Waals surface area contributed by atoms with Crippen LogP contribution in [0.15, 0.2) is 41.0 Å². The number of benzene rings is 1. The molecule has 0 radical (unpaired) electrons. The highest BCUT2D eigenvalue weighted by atomic mass is 35.5. The van der Waals surface area contributed by atoms with E-state index in [4.69, 9.17) is 26.0 Å². The maximum atomic E-state index is 12.7. The van der Waals surface area contributed by atoms with Crippen LogP contribution in [0.4, 0.5) is 0 Å². The first-order valence-electron chi connectivity index (χ1n) is 8.23. The molecule has 1 aromatic carbocycles. The molecule has 1 amide bonds. The monoisotopic (exact) mass is 408 g/mol. The predicted molar refractivity (Wildman–Crippen MR) is 98.0 cm³/mol. The molecule has 1 aromatic heterocycles. The molecule has 1 fully saturated rings. The number of nitrogens with zero attached hydrogens (tertiary/aromatic N) is 2. The molecule has 2 aromatic rings. The molecule has 142 valence electrons. The summed E-state index contributed by atoms with van der Waals surface area (Å²) in [6, 6.07) is 9.48. The first-order chi connectivity index (χ1) is 12.9. The topological polar surface area (TPSA) is 101 Å². The molecule has 1 saturated heterocycles. The largest absolute Gasteiger partial charge is 0.482 e. The molecule has 27 heavy (non-hydrogen) atoms. The average Bonchev–Trinajstić information content (AvgIpc) is 3.27. The van der Waals surface area contributed by atoms with Gasteiger partial charge in [-0.05, 0) is 36.8 Å². The molecule has 9 heteroatoms. The number of rotatable bonds is 6. The fourth-order valence-electron chi connectivity index (χ4n) is 2.92. The van der Waals surface area contributed by atoms with Gasteiger partial charge in [-0.3, -0.25) is 4.79 Å². The maximum absolute atomic E-state index is 12.7. The Kier molecular flexibility index (Phi) is 5.73. The number of carbonyl (C=O) groups is 1. The second kappa shape index (κ2) is 8.03. The summed E-state index contributed by atoms with van der Waals surface area (Å²) < 4.78 is 34.4. The Morgan fingerprint density at radius 1 is 1.41 bits per heavy atom. The summed E-state index contributed by atoms with van der Waals surface area (Å²) in [5, 5.41) is 9.09. The Balaban J connectivity index is 1.72. The van der Waals surface area contributed by atoms with E-state index in [1.807, 2.05) is 6.07 Å². The Morgan fingerprint density at radius 2 is 2.22 bits per heavy atom. The summed E-state index contributed by atoms with van der Waals surface area (Å²) in [5.74, 6) is 0.456. The lowest BCUT2D eigenvalue weighted by Gasteiger charge is -2.27. The van der Waals surface area contributed by atoms with Crippen LogP contribution >= 0.6 is 11.6 Å². The molecular weight excluding hydrogens is 392 g/mol. The molecule has 0 bridgehead atoms. The summed E-state index contributed by atoms with van der Waals surface area (Å²) in [4.78, 5) is 14.2. The molecule has 0 N–H and O–H groups in total. The molecule has 0 unspecified atom stereocenters. The van der Waals surface area contributed by atoms with E-state index >= 15 is 0 Å². The zero-order chi connectivity index (χ0) is 19.4. The van der Waals surface area contributed by atoms with E-state index in [0.717, 1.165) is 0 Å². The third kappa shape index (κ3) is 4.81. The summed E-state index contributed by atoms with van der Waals surface area (Å²) >= 11 is 6.06. The SMILES string of the molecule is N#Cc1ccc(OCC(=O)N(Cc2ccco2)[C@@H]2CCS(=O)(=O)C2)c(Cl)c1. The first kappa shape index (κ1) is 19.3. The number of hydrogen-bond acceptors (Lipinski definition) is 6. The van der Waals surface area contributed by atoms with Gasteiger partial charge in [0.15, 0.2) is 16.4 Å². The lowest BCUT2D eigenvalue weighted by atomic mass is 10.2. The minimum absolute atomic E-state index is 0.0574. The van der Waals surface area contributed by atoms with Crippen molar-refractivity contribution in [3.63, 3.8) is 0 Å². The van der Waals surface area contributed by atoms with Crippen LogP contribution in [-0.2, 0) is 21.2 Å². The highest BCUT2D eigenvalue weighted by Crippen LogP contribution is 2.26. The van der Waals surface area contributed by atoms with Gasteiger partial charge in [0.1, 0.15) is 11.5 Å². The number of nitriles is 1. The van der Waals surface area contributed by atoms with Crippen LogP contribution in [0.2, 0.25) is 5.02 Å². The van der Waals surface area contributed by atoms with Gasteiger partial charge >= 0.3 is 0 Å². The van der Waals surface area contributed by atoms with Gasteiger partial charge < -0.3 is 14.1 Å². The molecule has 1 atom stereocenters. The smallest absolute Gasteiger partial charge is 0.261 e. The molecule has 0 saturated carbocycles. The Morgan fingerprint density at radius 3 is 2.81 bits per heavy atom. The molecule has 7 nitrogen and oxygen atoms in total. The summed E-state index contributed by atoms with van der Waals surface area (Å²) in [6.45, 7) is -0.140. The van der Waals surface area contributed by atoms with Crippen LogP contribution < -0.4 is 4.74 Å².